The van der Waals surface area contributed by atoms with Crippen LogP contribution < -0.4 is 29.6 Å². The number of thiophene rings is 1. The molecular formula is C5H7NaS. The standard InChI is InChI=1S/C5H6S.Na.H/c1-5-3-2-4-6-5;;/h2-4H,1H3;;/q;+1;-1. The first-order valence-electron chi connectivity index (χ1n) is 1.90. The Labute approximate surface area is 71.3 Å². The molecule has 1 heterocycles. The maximum absolute atomic E-state index is 2.10. The summed E-state index contributed by atoms with van der Waals surface area (Å²) < 4.78 is 0. The van der Waals surface area contributed by atoms with Crippen molar-refractivity contribution in [2.24, 2.45) is 0 Å². The molecular weight excluding hydrogens is 115 g/mol. The van der Waals surface area contributed by atoms with E-state index < -0.39 is 0 Å². The largest absolute Gasteiger partial charge is 1.00 e. The van der Waals surface area contributed by atoms with Crippen molar-refractivity contribution in [3.8, 4) is 0 Å². The van der Waals surface area contributed by atoms with E-state index in [9.17, 15) is 0 Å². The van der Waals surface area contributed by atoms with Crippen LogP contribution in [0, 0.1) is 6.92 Å². The molecule has 0 saturated heterocycles. The van der Waals surface area contributed by atoms with Gasteiger partial charge in [-0.1, -0.05) is 6.07 Å². The molecule has 0 bridgehead atoms. The van der Waals surface area contributed by atoms with Crippen molar-refractivity contribution in [1.29, 1.82) is 0 Å². The van der Waals surface area contributed by atoms with Gasteiger partial charge in [-0.05, 0) is 18.4 Å². The first-order valence-corrected chi connectivity index (χ1v) is 2.77. The van der Waals surface area contributed by atoms with Crippen LogP contribution in [0.3, 0.4) is 0 Å². The molecule has 0 aliphatic heterocycles. The normalized spacial score (nSPS) is 7.57. The monoisotopic (exact) mass is 122 g/mol. The van der Waals surface area contributed by atoms with Gasteiger partial charge in [-0.2, -0.15) is 0 Å². The van der Waals surface area contributed by atoms with Crippen LogP contribution in [-0.4, -0.2) is 0 Å². The molecule has 1 aromatic heterocycles. The summed E-state index contributed by atoms with van der Waals surface area (Å²) in [6.45, 7) is 2.10. The molecule has 0 saturated carbocycles. The van der Waals surface area contributed by atoms with Crippen LogP contribution in [0.15, 0.2) is 17.5 Å². The van der Waals surface area contributed by atoms with Crippen molar-refractivity contribution in [2.75, 3.05) is 0 Å². The van der Waals surface area contributed by atoms with Gasteiger partial charge in [0.2, 0.25) is 0 Å². The average molecular weight is 122 g/mol. The summed E-state index contributed by atoms with van der Waals surface area (Å²) in [6, 6.07) is 4.16. The Morgan fingerprint density at radius 1 is 1.71 bits per heavy atom. The Kier molecular flexibility index (Phi) is 4.04. The molecule has 0 spiro atoms. The number of aryl methyl sites for hydroxylation is 1. The van der Waals surface area contributed by atoms with Crippen molar-refractivity contribution in [3.05, 3.63) is 22.4 Å². The molecule has 0 aromatic carbocycles. The van der Waals surface area contributed by atoms with Gasteiger partial charge < -0.3 is 1.43 Å². The molecule has 0 aliphatic rings. The van der Waals surface area contributed by atoms with Gasteiger partial charge in [0.15, 0.2) is 0 Å². The van der Waals surface area contributed by atoms with Crippen LogP contribution in [0.25, 0.3) is 0 Å². The van der Waals surface area contributed by atoms with Gasteiger partial charge in [0.1, 0.15) is 0 Å². The van der Waals surface area contributed by atoms with Crippen molar-refractivity contribution >= 4 is 11.3 Å². The molecule has 0 fully saturated rings. The molecule has 1 aromatic rings. The Bertz CT molecular complexity index is 116. The second kappa shape index (κ2) is 3.67. The SMILES string of the molecule is Cc1cccs1.[H-].[Na+]. The Morgan fingerprint density at radius 2 is 2.43 bits per heavy atom. The molecule has 0 amide bonds. The minimum absolute atomic E-state index is 0. The molecule has 2 heteroatoms. The molecule has 34 valence electrons. The predicted octanol–water partition coefficient (Wildman–Crippen LogP) is -0.827. The molecule has 1 rings (SSSR count). The summed E-state index contributed by atoms with van der Waals surface area (Å²) in [5, 5.41) is 2.08. The third kappa shape index (κ3) is 2.50. The van der Waals surface area contributed by atoms with Gasteiger partial charge in [-0.15, -0.1) is 11.3 Å². The van der Waals surface area contributed by atoms with E-state index in [1.54, 1.807) is 11.3 Å². The predicted molar refractivity (Wildman–Crippen MR) is 30.2 cm³/mol. The molecule has 7 heavy (non-hydrogen) atoms. The first-order chi connectivity index (χ1) is 2.89. The van der Waals surface area contributed by atoms with Gasteiger partial charge in [-0.25, -0.2) is 0 Å². The Morgan fingerprint density at radius 3 is 2.57 bits per heavy atom. The fraction of sp³-hybridized carbons (Fsp3) is 0.200. The van der Waals surface area contributed by atoms with Gasteiger partial charge in [0, 0.05) is 4.88 Å². The summed E-state index contributed by atoms with van der Waals surface area (Å²) >= 11 is 1.78. The van der Waals surface area contributed by atoms with Crippen LogP contribution in [0.2, 0.25) is 0 Å². The summed E-state index contributed by atoms with van der Waals surface area (Å²) in [6.07, 6.45) is 0. The van der Waals surface area contributed by atoms with E-state index in [4.69, 9.17) is 0 Å². The van der Waals surface area contributed by atoms with E-state index >= 15 is 0 Å². The fourth-order valence-corrected chi connectivity index (χ4v) is 0.890. The zero-order valence-electron chi connectivity index (χ0n) is 5.64. The minimum Gasteiger partial charge on any atom is -1.00 e. The average Bonchev–Trinajstić information content (AvgIpc) is 1.86. The van der Waals surface area contributed by atoms with E-state index in [-0.39, 0.29) is 31.0 Å². The number of rotatable bonds is 0. The van der Waals surface area contributed by atoms with Crippen LogP contribution in [0.4, 0.5) is 0 Å². The Balaban J connectivity index is 0. The molecule has 0 radical (unpaired) electrons. The van der Waals surface area contributed by atoms with Crippen molar-refractivity contribution < 1.29 is 31.0 Å². The maximum atomic E-state index is 2.10. The quantitative estimate of drug-likeness (QED) is 0.394. The second-order valence-corrected chi connectivity index (χ2v) is 2.38. The van der Waals surface area contributed by atoms with Gasteiger partial charge in [0.25, 0.3) is 0 Å². The van der Waals surface area contributed by atoms with E-state index in [0.717, 1.165) is 0 Å². The van der Waals surface area contributed by atoms with Gasteiger partial charge in [0.05, 0.1) is 0 Å². The topological polar surface area (TPSA) is 0 Å². The summed E-state index contributed by atoms with van der Waals surface area (Å²) in [7, 11) is 0. The van der Waals surface area contributed by atoms with E-state index in [1.165, 1.54) is 4.88 Å². The van der Waals surface area contributed by atoms with Crippen LogP contribution in [0.1, 0.15) is 6.30 Å². The van der Waals surface area contributed by atoms with Gasteiger partial charge in [-0.3, -0.25) is 0 Å². The maximum Gasteiger partial charge on any atom is 1.00 e. The fourth-order valence-electron chi connectivity index (χ4n) is 0.361. The molecule has 0 unspecified atom stereocenters. The van der Waals surface area contributed by atoms with Crippen LogP contribution in [0.5, 0.6) is 0 Å². The summed E-state index contributed by atoms with van der Waals surface area (Å²) in [5.74, 6) is 0. The zero-order valence-corrected chi connectivity index (χ0v) is 7.46. The van der Waals surface area contributed by atoms with Crippen LogP contribution in [-0.2, 0) is 0 Å². The van der Waals surface area contributed by atoms with E-state index in [0.29, 0.717) is 0 Å². The van der Waals surface area contributed by atoms with Crippen molar-refractivity contribution in [2.45, 2.75) is 6.92 Å². The van der Waals surface area contributed by atoms with Crippen molar-refractivity contribution in [1.82, 2.24) is 0 Å². The molecule has 0 aliphatic carbocycles. The third-order valence-electron chi connectivity index (χ3n) is 0.663. The van der Waals surface area contributed by atoms with Crippen LogP contribution >= 0.6 is 11.3 Å². The third-order valence-corrected chi connectivity index (χ3v) is 1.46. The van der Waals surface area contributed by atoms with Crippen molar-refractivity contribution in [3.63, 3.8) is 0 Å². The summed E-state index contributed by atoms with van der Waals surface area (Å²) in [5.41, 5.74) is 0. The van der Waals surface area contributed by atoms with Gasteiger partial charge >= 0.3 is 29.6 Å². The first kappa shape index (κ1) is 7.70. The summed E-state index contributed by atoms with van der Waals surface area (Å²) in [4.78, 5) is 1.38. The smallest absolute Gasteiger partial charge is 1.00 e. The Hall–Kier alpha value is 0.700. The second-order valence-electron chi connectivity index (χ2n) is 1.22. The molecule has 0 N–H and O–H groups in total. The zero-order chi connectivity index (χ0) is 4.41. The van der Waals surface area contributed by atoms with E-state index in [2.05, 4.69) is 24.4 Å². The minimum atomic E-state index is 0. The van der Waals surface area contributed by atoms with E-state index in [1.807, 2.05) is 0 Å². The number of hydrogen-bond acceptors (Lipinski definition) is 1. The molecule has 0 atom stereocenters. The number of hydrogen-bond donors (Lipinski definition) is 0. The molecule has 0 nitrogen and oxygen atoms in total.